The summed E-state index contributed by atoms with van der Waals surface area (Å²) in [6.45, 7) is 15.3. The van der Waals surface area contributed by atoms with Gasteiger partial charge in [-0.05, 0) is 32.1 Å². The van der Waals surface area contributed by atoms with Crippen LogP contribution in [0, 0.1) is 5.41 Å². The van der Waals surface area contributed by atoms with Crippen molar-refractivity contribution < 1.29 is 0 Å². The van der Waals surface area contributed by atoms with E-state index in [1.54, 1.807) is 0 Å². The Morgan fingerprint density at radius 1 is 1.36 bits per heavy atom. The van der Waals surface area contributed by atoms with Gasteiger partial charge in [0.15, 0.2) is 0 Å². The van der Waals surface area contributed by atoms with E-state index < -0.39 is 0 Å². The molecule has 14 heavy (non-hydrogen) atoms. The van der Waals surface area contributed by atoms with E-state index in [1.807, 2.05) is 0 Å². The summed E-state index contributed by atoms with van der Waals surface area (Å²) in [7, 11) is 0. The number of hydrogen-bond acceptors (Lipinski definition) is 0. The van der Waals surface area contributed by atoms with Crippen molar-refractivity contribution in [1.29, 1.82) is 0 Å². The van der Waals surface area contributed by atoms with Crippen molar-refractivity contribution in [3.8, 4) is 0 Å². The highest BCUT2D eigenvalue weighted by Crippen LogP contribution is 2.35. The summed E-state index contributed by atoms with van der Waals surface area (Å²) in [5.41, 5.74) is 3.11. The van der Waals surface area contributed by atoms with Crippen molar-refractivity contribution in [2.75, 3.05) is 0 Å². The van der Waals surface area contributed by atoms with Crippen LogP contribution in [0.15, 0.2) is 23.8 Å². The molecule has 0 N–H and O–H groups in total. The molecule has 82 valence electrons. The van der Waals surface area contributed by atoms with Gasteiger partial charge < -0.3 is 0 Å². The lowest BCUT2D eigenvalue weighted by Gasteiger charge is -2.29. The van der Waals surface area contributed by atoms with Gasteiger partial charge in [-0.2, -0.15) is 0 Å². The molecule has 0 aromatic heterocycles. The van der Waals surface area contributed by atoms with Gasteiger partial charge in [0.05, 0.1) is 0 Å². The third-order valence-electron chi connectivity index (χ3n) is 3.34. The quantitative estimate of drug-likeness (QED) is 0.515. The fourth-order valence-corrected chi connectivity index (χ4v) is 1.85. The largest absolute Gasteiger partial charge is 0.0956 e. The first kappa shape index (κ1) is 13.5. The molecule has 0 aromatic carbocycles. The Hall–Kier alpha value is -0.520. The SMILES string of the molecule is C=C(CC(C)(CC)CCC)/C(C)=C\C. The number of hydrogen-bond donors (Lipinski definition) is 0. The fourth-order valence-electron chi connectivity index (χ4n) is 1.85. The number of allylic oxidation sites excluding steroid dienone is 3. The molecule has 0 bridgehead atoms. The third-order valence-corrected chi connectivity index (χ3v) is 3.34. The Bertz CT molecular complexity index is 210. The Balaban J connectivity index is 4.38. The highest BCUT2D eigenvalue weighted by molar-refractivity contribution is 5.26. The van der Waals surface area contributed by atoms with Crippen LogP contribution in [0.4, 0.5) is 0 Å². The predicted octanol–water partition coefficient (Wildman–Crippen LogP) is 5.12. The molecule has 0 heterocycles. The summed E-state index contributed by atoms with van der Waals surface area (Å²) < 4.78 is 0. The minimum absolute atomic E-state index is 0.454. The summed E-state index contributed by atoms with van der Waals surface area (Å²) in [5, 5.41) is 0. The molecular weight excluding hydrogens is 168 g/mol. The normalized spacial score (nSPS) is 16.5. The van der Waals surface area contributed by atoms with Crippen molar-refractivity contribution in [2.24, 2.45) is 5.41 Å². The Morgan fingerprint density at radius 3 is 2.29 bits per heavy atom. The van der Waals surface area contributed by atoms with Crippen LogP contribution in [0.25, 0.3) is 0 Å². The Labute approximate surface area is 90.1 Å². The van der Waals surface area contributed by atoms with Crippen LogP contribution in [0.5, 0.6) is 0 Å². The third kappa shape index (κ3) is 4.13. The first-order chi connectivity index (χ1) is 6.49. The Kier molecular flexibility index (Phi) is 5.83. The molecule has 0 aliphatic rings. The molecule has 0 rings (SSSR count). The maximum atomic E-state index is 4.17. The molecule has 0 fully saturated rings. The minimum Gasteiger partial charge on any atom is -0.0956 e. The molecule has 0 aromatic rings. The molecule has 0 radical (unpaired) electrons. The second-order valence-electron chi connectivity index (χ2n) is 4.67. The second kappa shape index (κ2) is 6.06. The molecule has 0 heteroatoms. The van der Waals surface area contributed by atoms with Crippen LogP contribution in [0.1, 0.15) is 60.3 Å². The van der Waals surface area contributed by atoms with Gasteiger partial charge in [-0.15, -0.1) is 0 Å². The first-order valence-electron chi connectivity index (χ1n) is 5.80. The van der Waals surface area contributed by atoms with Crippen molar-refractivity contribution in [1.82, 2.24) is 0 Å². The first-order valence-corrected chi connectivity index (χ1v) is 5.80. The van der Waals surface area contributed by atoms with Crippen molar-refractivity contribution >= 4 is 0 Å². The van der Waals surface area contributed by atoms with Gasteiger partial charge in [0, 0.05) is 0 Å². The topological polar surface area (TPSA) is 0 Å². The molecule has 0 amide bonds. The molecule has 0 aliphatic carbocycles. The van der Waals surface area contributed by atoms with E-state index in [0.717, 1.165) is 6.42 Å². The van der Waals surface area contributed by atoms with E-state index in [1.165, 1.54) is 30.4 Å². The summed E-state index contributed by atoms with van der Waals surface area (Å²) in [6, 6.07) is 0. The van der Waals surface area contributed by atoms with Gasteiger partial charge in [0.1, 0.15) is 0 Å². The van der Waals surface area contributed by atoms with Gasteiger partial charge in [0.2, 0.25) is 0 Å². The van der Waals surface area contributed by atoms with E-state index in [4.69, 9.17) is 0 Å². The molecule has 0 nitrogen and oxygen atoms in total. The van der Waals surface area contributed by atoms with E-state index >= 15 is 0 Å². The Morgan fingerprint density at radius 2 is 1.93 bits per heavy atom. The zero-order valence-electron chi connectivity index (χ0n) is 10.6. The average Bonchev–Trinajstić information content (AvgIpc) is 2.16. The summed E-state index contributed by atoms with van der Waals surface area (Å²) in [5.74, 6) is 0. The summed E-state index contributed by atoms with van der Waals surface area (Å²) >= 11 is 0. The second-order valence-corrected chi connectivity index (χ2v) is 4.67. The van der Waals surface area contributed by atoms with E-state index in [-0.39, 0.29) is 0 Å². The highest BCUT2D eigenvalue weighted by Gasteiger charge is 2.21. The number of rotatable bonds is 6. The fraction of sp³-hybridized carbons (Fsp3) is 0.714. The lowest BCUT2D eigenvalue weighted by molar-refractivity contribution is 0.280. The molecule has 0 saturated heterocycles. The summed E-state index contributed by atoms with van der Waals surface area (Å²) in [6.07, 6.45) is 7.13. The molecule has 0 aliphatic heterocycles. The van der Waals surface area contributed by atoms with E-state index in [0.29, 0.717) is 5.41 Å². The standard InChI is InChI=1S/C14H26/c1-7-10-14(6,9-3)11-13(5)12(4)8-2/h8H,5,7,9-11H2,1-4,6H3/b12-8-. The zero-order valence-corrected chi connectivity index (χ0v) is 10.6. The van der Waals surface area contributed by atoms with Crippen LogP contribution in [0.2, 0.25) is 0 Å². The zero-order chi connectivity index (χ0) is 11.2. The predicted molar refractivity (Wildman–Crippen MR) is 66.5 cm³/mol. The van der Waals surface area contributed by atoms with Gasteiger partial charge in [-0.3, -0.25) is 0 Å². The van der Waals surface area contributed by atoms with Crippen LogP contribution in [-0.2, 0) is 0 Å². The maximum Gasteiger partial charge on any atom is -0.0228 e. The monoisotopic (exact) mass is 194 g/mol. The molecule has 0 saturated carbocycles. The lowest BCUT2D eigenvalue weighted by atomic mass is 9.76. The van der Waals surface area contributed by atoms with Crippen molar-refractivity contribution in [3.05, 3.63) is 23.8 Å². The summed E-state index contributed by atoms with van der Waals surface area (Å²) in [4.78, 5) is 0. The van der Waals surface area contributed by atoms with E-state index in [9.17, 15) is 0 Å². The maximum absolute atomic E-state index is 4.17. The molecule has 1 unspecified atom stereocenters. The van der Waals surface area contributed by atoms with Gasteiger partial charge >= 0.3 is 0 Å². The smallest absolute Gasteiger partial charge is 0.0228 e. The van der Waals surface area contributed by atoms with Gasteiger partial charge in [0.25, 0.3) is 0 Å². The molecule has 1 atom stereocenters. The van der Waals surface area contributed by atoms with Crippen molar-refractivity contribution in [3.63, 3.8) is 0 Å². The van der Waals surface area contributed by atoms with Crippen LogP contribution >= 0.6 is 0 Å². The van der Waals surface area contributed by atoms with Gasteiger partial charge in [-0.25, -0.2) is 0 Å². The van der Waals surface area contributed by atoms with Gasteiger partial charge in [-0.1, -0.05) is 57.4 Å². The van der Waals surface area contributed by atoms with E-state index in [2.05, 4.69) is 47.3 Å². The average molecular weight is 194 g/mol. The molecule has 0 spiro atoms. The van der Waals surface area contributed by atoms with Crippen LogP contribution in [0.3, 0.4) is 0 Å². The van der Waals surface area contributed by atoms with Crippen LogP contribution in [-0.4, -0.2) is 0 Å². The molecular formula is C14H26. The van der Waals surface area contributed by atoms with Crippen molar-refractivity contribution in [2.45, 2.75) is 60.3 Å². The minimum atomic E-state index is 0.454. The van der Waals surface area contributed by atoms with Crippen LogP contribution < -0.4 is 0 Å². The highest BCUT2D eigenvalue weighted by atomic mass is 14.3. The lowest BCUT2D eigenvalue weighted by Crippen LogP contribution is -2.15.